The van der Waals surface area contributed by atoms with Gasteiger partial charge in [-0.3, -0.25) is 18.7 Å². The van der Waals surface area contributed by atoms with Crippen LogP contribution < -0.4 is 10.4 Å². The largest absolute Gasteiger partial charge is 0.497 e. The number of benzene rings is 2. The zero-order valence-electron chi connectivity index (χ0n) is 19.9. The van der Waals surface area contributed by atoms with Crippen molar-refractivity contribution in [3.63, 3.8) is 0 Å². The Hall–Kier alpha value is -3.55. The third kappa shape index (κ3) is 5.00. The van der Waals surface area contributed by atoms with Gasteiger partial charge in [-0.2, -0.15) is 0 Å². The zero-order chi connectivity index (χ0) is 24.1. The molecule has 0 N–H and O–H groups in total. The van der Waals surface area contributed by atoms with Crippen molar-refractivity contribution in [1.29, 1.82) is 0 Å². The van der Waals surface area contributed by atoms with Crippen molar-refractivity contribution < 1.29 is 14.3 Å². The average Bonchev–Trinajstić information content (AvgIpc) is 3.00. The van der Waals surface area contributed by atoms with Crippen LogP contribution in [0.25, 0.3) is 11.0 Å². The van der Waals surface area contributed by atoms with Gasteiger partial charge in [0.15, 0.2) is 0 Å². The third-order valence-electron chi connectivity index (χ3n) is 6.52. The molecule has 3 aromatic rings. The van der Waals surface area contributed by atoms with Crippen molar-refractivity contribution >= 4 is 22.8 Å². The summed E-state index contributed by atoms with van der Waals surface area (Å²) in [5.41, 5.74) is 2.54. The third-order valence-corrected chi connectivity index (χ3v) is 6.52. The highest BCUT2D eigenvalue weighted by Gasteiger charge is 2.23. The molecule has 2 amide bonds. The van der Waals surface area contributed by atoms with Crippen LogP contribution in [0.3, 0.4) is 0 Å². The van der Waals surface area contributed by atoms with Crippen molar-refractivity contribution in [3.8, 4) is 5.75 Å². The molecular weight excluding hydrogens is 432 g/mol. The SMILES string of the molecule is CCn1c(=O)n(CC(=O)N2CCCN(C(=O)CCc3ccc(OC)cc3)CC2)c2ccccc21. The van der Waals surface area contributed by atoms with Gasteiger partial charge in [0.1, 0.15) is 12.3 Å². The first-order valence-electron chi connectivity index (χ1n) is 11.9. The molecule has 1 fully saturated rings. The predicted octanol–water partition coefficient (Wildman–Crippen LogP) is 2.53. The van der Waals surface area contributed by atoms with Crippen molar-refractivity contribution in [1.82, 2.24) is 18.9 Å². The van der Waals surface area contributed by atoms with E-state index >= 15 is 0 Å². The molecule has 34 heavy (non-hydrogen) atoms. The lowest BCUT2D eigenvalue weighted by molar-refractivity contribution is -0.133. The number of rotatable bonds is 7. The van der Waals surface area contributed by atoms with E-state index in [1.54, 1.807) is 21.1 Å². The fourth-order valence-corrected chi connectivity index (χ4v) is 4.58. The molecule has 0 unspecified atom stereocenters. The molecule has 8 heteroatoms. The predicted molar refractivity (Wildman–Crippen MR) is 131 cm³/mol. The van der Waals surface area contributed by atoms with Gasteiger partial charge in [-0.25, -0.2) is 4.79 Å². The highest BCUT2D eigenvalue weighted by Crippen LogP contribution is 2.15. The second-order valence-electron chi connectivity index (χ2n) is 8.56. The summed E-state index contributed by atoms with van der Waals surface area (Å²) < 4.78 is 8.43. The molecule has 0 saturated carbocycles. The Morgan fingerprint density at radius 3 is 2.09 bits per heavy atom. The Kier molecular flexibility index (Phi) is 7.35. The Balaban J connectivity index is 1.35. The van der Waals surface area contributed by atoms with Gasteiger partial charge in [-0.15, -0.1) is 0 Å². The number of para-hydroxylation sites is 2. The quantitative estimate of drug-likeness (QED) is 0.539. The Bertz CT molecular complexity index is 1210. The van der Waals surface area contributed by atoms with Gasteiger partial charge in [0.2, 0.25) is 11.8 Å². The summed E-state index contributed by atoms with van der Waals surface area (Å²) >= 11 is 0. The van der Waals surface area contributed by atoms with Gasteiger partial charge in [-0.1, -0.05) is 24.3 Å². The fraction of sp³-hybridized carbons (Fsp3) is 0.423. The summed E-state index contributed by atoms with van der Waals surface area (Å²) in [5.74, 6) is 0.815. The van der Waals surface area contributed by atoms with Crippen LogP contribution in [0.2, 0.25) is 0 Å². The number of ether oxygens (including phenoxy) is 1. The fourth-order valence-electron chi connectivity index (χ4n) is 4.58. The van der Waals surface area contributed by atoms with Gasteiger partial charge in [0.05, 0.1) is 18.1 Å². The average molecular weight is 465 g/mol. The van der Waals surface area contributed by atoms with E-state index in [9.17, 15) is 14.4 Å². The molecule has 8 nitrogen and oxygen atoms in total. The molecule has 2 aromatic carbocycles. The smallest absolute Gasteiger partial charge is 0.329 e. The van der Waals surface area contributed by atoms with E-state index in [0.717, 1.165) is 28.8 Å². The minimum Gasteiger partial charge on any atom is -0.497 e. The van der Waals surface area contributed by atoms with E-state index < -0.39 is 0 Å². The summed E-state index contributed by atoms with van der Waals surface area (Å²) in [6.07, 6.45) is 1.84. The first-order valence-corrected chi connectivity index (χ1v) is 11.9. The van der Waals surface area contributed by atoms with Crippen molar-refractivity contribution in [2.24, 2.45) is 0 Å². The summed E-state index contributed by atoms with van der Waals surface area (Å²) in [5, 5.41) is 0. The maximum Gasteiger partial charge on any atom is 0.329 e. The first kappa shape index (κ1) is 23.6. The lowest BCUT2D eigenvalue weighted by Gasteiger charge is -2.22. The van der Waals surface area contributed by atoms with Gasteiger partial charge >= 0.3 is 5.69 Å². The van der Waals surface area contributed by atoms with E-state index in [2.05, 4.69) is 0 Å². The number of fused-ring (bicyclic) bond motifs is 1. The van der Waals surface area contributed by atoms with E-state index in [1.165, 1.54) is 0 Å². The van der Waals surface area contributed by atoms with Crippen molar-refractivity contribution in [2.45, 2.75) is 39.3 Å². The molecule has 1 aromatic heterocycles. The van der Waals surface area contributed by atoms with Crippen LogP contribution in [0.1, 0.15) is 25.3 Å². The second kappa shape index (κ2) is 10.6. The molecular formula is C26H32N4O4. The molecule has 2 heterocycles. The van der Waals surface area contributed by atoms with E-state index in [-0.39, 0.29) is 24.0 Å². The van der Waals surface area contributed by atoms with Gasteiger partial charge in [0, 0.05) is 39.1 Å². The molecule has 4 rings (SSSR count). The Morgan fingerprint density at radius 1 is 0.853 bits per heavy atom. The van der Waals surface area contributed by atoms with Crippen LogP contribution >= 0.6 is 0 Å². The highest BCUT2D eigenvalue weighted by atomic mass is 16.5. The minimum absolute atomic E-state index is 0.0117. The van der Waals surface area contributed by atoms with Crippen LogP contribution in [0.4, 0.5) is 0 Å². The number of hydrogen-bond acceptors (Lipinski definition) is 4. The highest BCUT2D eigenvalue weighted by molar-refractivity contribution is 5.81. The summed E-state index contributed by atoms with van der Waals surface area (Å²) in [6.45, 7) is 4.71. The Morgan fingerprint density at radius 2 is 1.47 bits per heavy atom. The molecule has 0 aliphatic carbocycles. The Labute approximate surface area is 199 Å². The number of nitrogens with zero attached hydrogens (tertiary/aromatic N) is 4. The molecule has 0 spiro atoms. The standard InChI is InChI=1S/C26H32N4O4/c1-3-29-22-7-4-5-8-23(22)30(26(29)33)19-25(32)28-16-6-15-27(17-18-28)24(31)14-11-20-9-12-21(34-2)13-10-20/h4-5,7-10,12-13H,3,6,11,14-19H2,1-2H3. The maximum atomic E-state index is 13.1. The number of imidazole rings is 1. The van der Waals surface area contributed by atoms with Gasteiger partial charge < -0.3 is 14.5 Å². The van der Waals surface area contributed by atoms with Gasteiger partial charge in [-0.05, 0) is 49.6 Å². The van der Waals surface area contributed by atoms with Gasteiger partial charge in [0.25, 0.3) is 0 Å². The molecule has 0 radical (unpaired) electrons. The number of amides is 2. The van der Waals surface area contributed by atoms with Crippen molar-refractivity contribution in [3.05, 3.63) is 64.6 Å². The van der Waals surface area contributed by atoms with Crippen LogP contribution in [0.15, 0.2) is 53.3 Å². The molecule has 1 aliphatic heterocycles. The molecule has 180 valence electrons. The van der Waals surface area contributed by atoms with Crippen LogP contribution in [0, 0.1) is 0 Å². The number of carbonyl (C=O) groups is 2. The molecule has 1 saturated heterocycles. The van der Waals surface area contributed by atoms with E-state index in [1.807, 2.05) is 60.4 Å². The minimum atomic E-state index is -0.165. The summed E-state index contributed by atoms with van der Waals surface area (Å²) in [4.78, 5) is 42.4. The van der Waals surface area contributed by atoms with Crippen LogP contribution in [-0.2, 0) is 29.1 Å². The normalized spacial score (nSPS) is 14.3. The second-order valence-corrected chi connectivity index (χ2v) is 8.56. The number of aromatic nitrogens is 2. The van der Waals surface area contributed by atoms with E-state index in [0.29, 0.717) is 45.6 Å². The van der Waals surface area contributed by atoms with E-state index in [4.69, 9.17) is 4.74 Å². The number of carbonyl (C=O) groups excluding carboxylic acids is 2. The number of hydrogen-bond donors (Lipinski definition) is 0. The maximum absolute atomic E-state index is 13.1. The molecule has 0 atom stereocenters. The van der Waals surface area contributed by atoms with Crippen LogP contribution in [0.5, 0.6) is 5.75 Å². The zero-order valence-corrected chi connectivity index (χ0v) is 19.9. The number of methoxy groups -OCH3 is 1. The topological polar surface area (TPSA) is 76.8 Å². The van der Waals surface area contributed by atoms with Crippen molar-refractivity contribution in [2.75, 3.05) is 33.3 Å². The molecule has 1 aliphatic rings. The molecule has 0 bridgehead atoms. The van der Waals surface area contributed by atoms with Crippen LogP contribution in [-0.4, -0.2) is 64.0 Å². The summed E-state index contributed by atoms with van der Waals surface area (Å²) in [7, 11) is 1.63. The monoisotopic (exact) mass is 464 g/mol. The summed E-state index contributed by atoms with van der Waals surface area (Å²) in [6, 6.07) is 15.3. The lowest BCUT2D eigenvalue weighted by Crippen LogP contribution is -2.40. The number of aryl methyl sites for hydroxylation is 2. The first-order chi connectivity index (χ1) is 16.5. The lowest BCUT2D eigenvalue weighted by atomic mass is 10.1.